The standard InChI is InChI=1S/C24H29N3O4S3/c1-16-13-17(2)22-20(14-16)33-24(25-22)26(15-18-7-5-11-31-18)23(28)19-8-3-4-10-27(19)34(29,30)21-9-6-12-32-21/h6,9,12-14,18-19H,3-5,7-8,10-11,15H2,1-2H3. The zero-order valence-electron chi connectivity index (χ0n) is 19.4. The molecule has 5 rings (SSSR count). The van der Waals surface area contributed by atoms with Crippen molar-refractivity contribution in [2.45, 2.75) is 62.3 Å². The molecular formula is C24H29N3O4S3. The molecule has 2 atom stereocenters. The molecule has 2 saturated heterocycles. The molecule has 10 heteroatoms. The maximum Gasteiger partial charge on any atom is 0.253 e. The smallest absolute Gasteiger partial charge is 0.253 e. The fourth-order valence-electron chi connectivity index (χ4n) is 4.87. The van der Waals surface area contributed by atoms with Crippen LogP contribution in [0.2, 0.25) is 0 Å². The lowest BCUT2D eigenvalue weighted by atomic mass is 10.0. The maximum absolute atomic E-state index is 14.1. The molecule has 0 aliphatic carbocycles. The zero-order valence-corrected chi connectivity index (χ0v) is 21.8. The number of aryl methyl sites for hydroxylation is 2. The van der Waals surface area contributed by atoms with Gasteiger partial charge in [0.15, 0.2) is 5.13 Å². The number of rotatable bonds is 6. The van der Waals surface area contributed by atoms with Crippen LogP contribution in [0.4, 0.5) is 5.13 Å². The summed E-state index contributed by atoms with van der Waals surface area (Å²) < 4.78 is 35.4. The Labute approximate surface area is 208 Å². The van der Waals surface area contributed by atoms with Crippen molar-refractivity contribution in [2.75, 3.05) is 24.6 Å². The topological polar surface area (TPSA) is 79.8 Å². The summed E-state index contributed by atoms with van der Waals surface area (Å²) >= 11 is 2.68. The van der Waals surface area contributed by atoms with E-state index in [0.717, 1.165) is 47.0 Å². The van der Waals surface area contributed by atoms with Crippen LogP contribution in [-0.4, -0.2) is 55.5 Å². The lowest BCUT2D eigenvalue weighted by Gasteiger charge is -2.36. The van der Waals surface area contributed by atoms with Crippen molar-refractivity contribution in [3.8, 4) is 0 Å². The lowest BCUT2D eigenvalue weighted by Crippen LogP contribution is -2.54. The normalized spacial score (nSPS) is 21.8. The quantitative estimate of drug-likeness (QED) is 0.470. The van der Waals surface area contributed by atoms with Crippen LogP contribution in [0.15, 0.2) is 33.9 Å². The van der Waals surface area contributed by atoms with Crippen LogP contribution in [0, 0.1) is 13.8 Å². The minimum atomic E-state index is -3.74. The lowest BCUT2D eigenvalue weighted by molar-refractivity contribution is -0.123. The van der Waals surface area contributed by atoms with Gasteiger partial charge in [-0.3, -0.25) is 9.69 Å². The summed E-state index contributed by atoms with van der Waals surface area (Å²) in [5, 5.41) is 2.37. The van der Waals surface area contributed by atoms with E-state index in [9.17, 15) is 13.2 Å². The van der Waals surface area contributed by atoms with E-state index in [1.165, 1.54) is 27.0 Å². The Morgan fingerprint density at radius 2 is 2.09 bits per heavy atom. The van der Waals surface area contributed by atoms with Crippen LogP contribution in [0.1, 0.15) is 43.2 Å². The SMILES string of the molecule is Cc1cc(C)c2nc(N(CC3CCCO3)C(=O)C3CCCCN3S(=O)(=O)c3cccs3)sc2c1. The molecule has 0 N–H and O–H groups in total. The number of carbonyl (C=O) groups excluding carboxylic acids is 1. The number of sulfonamides is 1. The van der Waals surface area contributed by atoms with Crippen molar-refractivity contribution in [3.05, 3.63) is 40.8 Å². The molecule has 1 amide bonds. The highest BCUT2D eigenvalue weighted by molar-refractivity contribution is 7.91. The number of thiophene rings is 1. The second kappa shape index (κ2) is 9.66. The number of hydrogen-bond acceptors (Lipinski definition) is 7. The van der Waals surface area contributed by atoms with Crippen LogP contribution < -0.4 is 4.90 Å². The highest BCUT2D eigenvalue weighted by Gasteiger charge is 2.41. The minimum absolute atomic E-state index is 0.0651. The average molecular weight is 520 g/mol. The number of ether oxygens (including phenoxy) is 1. The number of hydrogen-bond donors (Lipinski definition) is 0. The molecule has 2 fully saturated rings. The number of benzene rings is 1. The highest BCUT2D eigenvalue weighted by Crippen LogP contribution is 2.35. The first-order valence-electron chi connectivity index (χ1n) is 11.7. The van der Waals surface area contributed by atoms with Gasteiger partial charge in [0.1, 0.15) is 10.3 Å². The van der Waals surface area contributed by atoms with Crippen molar-refractivity contribution in [1.29, 1.82) is 0 Å². The van der Waals surface area contributed by atoms with Crippen molar-refractivity contribution in [3.63, 3.8) is 0 Å². The maximum atomic E-state index is 14.1. The van der Waals surface area contributed by atoms with Crippen LogP contribution in [0.5, 0.6) is 0 Å². The first-order chi connectivity index (χ1) is 16.3. The molecule has 2 unspecified atom stereocenters. The summed E-state index contributed by atoms with van der Waals surface area (Å²) in [4.78, 5) is 20.6. The first-order valence-corrected chi connectivity index (χ1v) is 14.8. The predicted molar refractivity (Wildman–Crippen MR) is 136 cm³/mol. The van der Waals surface area contributed by atoms with Crippen molar-refractivity contribution < 1.29 is 17.9 Å². The molecule has 34 heavy (non-hydrogen) atoms. The van der Waals surface area contributed by atoms with Gasteiger partial charge in [0, 0.05) is 13.2 Å². The fraction of sp³-hybridized carbons (Fsp3) is 0.500. The molecule has 0 saturated carbocycles. The summed E-state index contributed by atoms with van der Waals surface area (Å²) in [5.74, 6) is -0.205. The van der Waals surface area contributed by atoms with Gasteiger partial charge in [0.05, 0.1) is 22.9 Å². The molecule has 0 spiro atoms. The van der Waals surface area contributed by atoms with Gasteiger partial charge in [0.25, 0.3) is 10.0 Å². The molecule has 0 radical (unpaired) electrons. The molecule has 3 aromatic rings. The number of thiazole rings is 1. The van der Waals surface area contributed by atoms with Crippen molar-refractivity contribution in [2.24, 2.45) is 0 Å². The number of nitrogens with zero attached hydrogens (tertiary/aromatic N) is 3. The number of fused-ring (bicyclic) bond motifs is 1. The van der Waals surface area contributed by atoms with Gasteiger partial charge < -0.3 is 4.74 Å². The van der Waals surface area contributed by atoms with Crippen LogP contribution >= 0.6 is 22.7 Å². The predicted octanol–water partition coefficient (Wildman–Crippen LogP) is 4.73. The molecule has 4 heterocycles. The summed E-state index contributed by atoms with van der Waals surface area (Å²) in [5.41, 5.74) is 3.11. The van der Waals surface area contributed by atoms with Gasteiger partial charge in [-0.1, -0.05) is 29.9 Å². The second-order valence-corrected chi connectivity index (χ2v) is 13.1. The fourth-order valence-corrected chi connectivity index (χ4v) is 8.80. The van der Waals surface area contributed by atoms with E-state index in [4.69, 9.17) is 9.72 Å². The van der Waals surface area contributed by atoms with Gasteiger partial charge in [-0.15, -0.1) is 11.3 Å². The van der Waals surface area contributed by atoms with E-state index >= 15 is 0 Å². The summed E-state index contributed by atoms with van der Waals surface area (Å²) in [6, 6.07) is 6.78. The van der Waals surface area contributed by atoms with E-state index in [-0.39, 0.29) is 16.2 Å². The average Bonchev–Trinajstić information content (AvgIpc) is 3.59. The Kier molecular flexibility index (Phi) is 6.78. The molecule has 2 aliphatic heterocycles. The third-order valence-electron chi connectivity index (χ3n) is 6.52. The van der Waals surface area contributed by atoms with E-state index < -0.39 is 16.1 Å². The van der Waals surface area contributed by atoms with Gasteiger partial charge in [-0.2, -0.15) is 4.31 Å². The summed E-state index contributed by atoms with van der Waals surface area (Å²) in [7, 11) is -3.74. The second-order valence-electron chi connectivity index (χ2n) is 9.07. The largest absolute Gasteiger partial charge is 0.376 e. The summed E-state index contributed by atoms with van der Waals surface area (Å²) in [6.45, 7) is 5.51. The van der Waals surface area contributed by atoms with Gasteiger partial charge in [-0.05, 0) is 68.2 Å². The Hall–Kier alpha value is -1.85. The number of anilines is 1. The number of amides is 1. The Morgan fingerprint density at radius 3 is 2.82 bits per heavy atom. The van der Waals surface area contributed by atoms with Gasteiger partial charge in [-0.25, -0.2) is 13.4 Å². The number of piperidine rings is 1. The van der Waals surface area contributed by atoms with Gasteiger partial charge in [0.2, 0.25) is 5.91 Å². The number of aromatic nitrogens is 1. The van der Waals surface area contributed by atoms with E-state index in [1.54, 1.807) is 22.4 Å². The Balaban J connectivity index is 1.52. The molecule has 2 aromatic heterocycles. The third kappa shape index (κ3) is 4.54. The van der Waals surface area contributed by atoms with E-state index in [1.807, 2.05) is 6.92 Å². The summed E-state index contributed by atoms with van der Waals surface area (Å²) in [6.07, 6.45) is 3.86. The van der Waals surface area contributed by atoms with Crippen LogP contribution in [0.3, 0.4) is 0 Å². The molecule has 7 nitrogen and oxygen atoms in total. The highest BCUT2D eigenvalue weighted by atomic mass is 32.2. The van der Waals surface area contributed by atoms with E-state index in [0.29, 0.717) is 31.2 Å². The van der Waals surface area contributed by atoms with Crippen LogP contribution in [0.25, 0.3) is 10.2 Å². The Bertz CT molecular complexity index is 1280. The third-order valence-corrected chi connectivity index (χ3v) is 10.8. The van der Waals surface area contributed by atoms with E-state index in [2.05, 4.69) is 19.1 Å². The first kappa shape index (κ1) is 23.9. The molecule has 0 bridgehead atoms. The van der Waals surface area contributed by atoms with Crippen molar-refractivity contribution >= 4 is 54.0 Å². The van der Waals surface area contributed by atoms with Gasteiger partial charge >= 0.3 is 0 Å². The molecule has 2 aliphatic rings. The Morgan fingerprint density at radius 1 is 1.24 bits per heavy atom. The number of carbonyl (C=O) groups is 1. The monoisotopic (exact) mass is 519 g/mol. The van der Waals surface area contributed by atoms with Crippen molar-refractivity contribution in [1.82, 2.24) is 9.29 Å². The molecule has 1 aromatic carbocycles. The zero-order chi connectivity index (χ0) is 23.9. The molecule has 182 valence electrons. The molecular weight excluding hydrogens is 490 g/mol. The van der Waals surface area contributed by atoms with Crippen LogP contribution in [-0.2, 0) is 19.6 Å². The minimum Gasteiger partial charge on any atom is -0.376 e.